The Labute approximate surface area is 121 Å². The van der Waals surface area contributed by atoms with E-state index in [2.05, 4.69) is 31.3 Å². The molecule has 0 spiro atoms. The molecule has 1 unspecified atom stereocenters. The number of thioether (sulfide) groups is 1. The van der Waals surface area contributed by atoms with Crippen LogP contribution in [0.3, 0.4) is 0 Å². The maximum Gasteiger partial charge on any atom is 0.0406 e. The van der Waals surface area contributed by atoms with Crippen molar-refractivity contribution in [2.24, 2.45) is 0 Å². The van der Waals surface area contributed by atoms with E-state index in [0.29, 0.717) is 5.92 Å². The van der Waals surface area contributed by atoms with Crippen LogP contribution >= 0.6 is 23.4 Å². The van der Waals surface area contributed by atoms with Gasteiger partial charge in [0, 0.05) is 11.6 Å². The first-order valence-electron chi connectivity index (χ1n) is 6.81. The maximum absolute atomic E-state index is 5.95. The summed E-state index contributed by atoms with van der Waals surface area (Å²) in [5, 5.41) is 4.35. The van der Waals surface area contributed by atoms with Crippen molar-refractivity contribution in [1.82, 2.24) is 5.32 Å². The van der Waals surface area contributed by atoms with Gasteiger partial charge in [-0.15, -0.1) is 0 Å². The molecule has 0 aromatic heterocycles. The number of hydrogen-bond donors (Lipinski definition) is 1. The summed E-state index contributed by atoms with van der Waals surface area (Å²) >= 11 is 7.97. The Hall–Kier alpha value is -0.180. The van der Waals surface area contributed by atoms with Crippen molar-refractivity contribution in [2.75, 3.05) is 24.6 Å². The Morgan fingerprint density at radius 1 is 1.22 bits per heavy atom. The molecule has 0 amide bonds. The van der Waals surface area contributed by atoms with Crippen LogP contribution in [0.25, 0.3) is 0 Å². The standard InChI is InChI=1S/C15H24ClNS/c1-3-10-17-12-14(9-11-18-4-2)13-5-7-15(16)8-6-13/h5-8,14,17H,3-4,9-12H2,1-2H3. The Bertz CT molecular complexity index is 303. The van der Waals surface area contributed by atoms with E-state index in [1.807, 2.05) is 23.9 Å². The largest absolute Gasteiger partial charge is 0.316 e. The predicted octanol–water partition coefficient (Wildman–Crippen LogP) is 4.57. The first-order chi connectivity index (χ1) is 8.77. The van der Waals surface area contributed by atoms with E-state index in [4.69, 9.17) is 11.6 Å². The molecule has 18 heavy (non-hydrogen) atoms. The summed E-state index contributed by atoms with van der Waals surface area (Å²) in [7, 11) is 0. The minimum atomic E-state index is 0.605. The molecule has 1 N–H and O–H groups in total. The summed E-state index contributed by atoms with van der Waals surface area (Å²) in [4.78, 5) is 0. The molecule has 0 bridgehead atoms. The molecular weight excluding hydrogens is 262 g/mol. The fraction of sp³-hybridized carbons (Fsp3) is 0.600. The number of nitrogens with one attached hydrogen (secondary N) is 1. The highest BCUT2D eigenvalue weighted by Gasteiger charge is 2.10. The van der Waals surface area contributed by atoms with E-state index < -0.39 is 0 Å². The van der Waals surface area contributed by atoms with Crippen molar-refractivity contribution in [1.29, 1.82) is 0 Å². The fourth-order valence-electron chi connectivity index (χ4n) is 1.94. The molecule has 0 aliphatic heterocycles. The van der Waals surface area contributed by atoms with Crippen LogP contribution < -0.4 is 5.32 Å². The molecule has 1 aromatic rings. The average molecular weight is 286 g/mol. The minimum Gasteiger partial charge on any atom is -0.316 e. The highest BCUT2D eigenvalue weighted by Crippen LogP contribution is 2.23. The average Bonchev–Trinajstić information content (AvgIpc) is 2.38. The van der Waals surface area contributed by atoms with Gasteiger partial charge in [-0.1, -0.05) is 37.6 Å². The van der Waals surface area contributed by atoms with E-state index in [9.17, 15) is 0 Å². The van der Waals surface area contributed by atoms with Crippen LogP contribution in [0.5, 0.6) is 0 Å². The van der Waals surface area contributed by atoms with Gasteiger partial charge in [0.15, 0.2) is 0 Å². The summed E-state index contributed by atoms with van der Waals surface area (Å²) in [6.45, 7) is 6.60. The zero-order valence-corrected chi connectivity index (χ0v) is 13.0. The van der Waals surface area contributed by atoms with Crippen molar-refractivity contribution in [3.63, 3.8) is 0 Å². The molecule has 1 nitrogen and oxygen atoms in total. The summed E-state index contributed by atoms with van der Waals surface area (Å²) in [6, 6.07) is 8.32. The van der Waals surface area contributed by atoms with Gasteiger partial charge < -0.3 is 5.32 Å². The van der Waals surface area contributed by atoms with E-state index >= 15 is 0 Å². The van der Waals surface area contributed by atoms with Crippen LogP contribution in [0, 0.1) is 0 Å². The summed E-state index contributed by atoms with van der Waals surface area (Å²) in [5.74, 6) is 3.04. The lowest BCUT2D eigenvalue weighted by molar-refractivity contribution is 0.570. The quantitative estimate of drug-likeness (QED) is 0.667. The number of rotatable bonds is 9. The molecule has 3 heteroatoms. The van der Waals surface area contributed by atoms with Gasteiger partial charge in [0.2, 0.25) is 0 Å². The van der Waals surface area contributed by atoms with Crippen molar-refractivity contribution >= 4 is 23.4 Å². The van der Waals surface area contributed by atoms with Gasteiger partial charge in [-0.3, -0.25) is 0 Å². The lowest BCUT2D eigenvalue weighted by Crippen LogP contribution is -2.22. The molecule has 0 heterocycles. The van der Waals surface area contributed by atoms with Gasteiger partial charge in [0.05, 0.1) is 0 Å². The Balaban J connectivity index is 2.54. The molecule has 1 aromatic carbocycles. The van der Waals surface area contributed by atoms with Crippen molar-refractivity contribution in [2.45, 2.75) is 32.6 Å². The van der Waals surface area contributed by atoms with E-state index in [-0.39, 0.29) is 0 Å². The lowest BCUT2D eigenvalue weighted by atomic mass is 9.96. The number of hydrogen-bond acceptors (Lipinski definition) is 2. The molecule has 0 fully saturated rings. The first kappa shape index (κ1) is 15.9. The SMILES string of the molecule is CCCNCC(CCSCC)c1ccc(Cl)cc1. The normalized spacial score (nSPS) is 12.6. The van der Waals surface area contributed by atoms with Gasteiger partial charge in [0.25, 0.3) is 0 Å². The number of benzene rings is 1. The third-order valence-electron chi connectivity index (χ3n) is 2.97. The molecular formula is C15H24ClNS. The van der Waals surface area contributed by atoms with Crippen LogP contribution in [0.15, 0.2) is 24.3 Å². The second kappa shape index (κ2) is 9.71. The highest BCUT2D eigenvalue weighted by atomic mass is 35.5. The molecule has 1 rings (SSSR count). The van der Waals surface area contributed by atoms with Crippen LogP contribution in [0.1, 0.15) is 38.2 Å². The fourth-order valence-corrected chi connectivity index (χ4v) is 2.81. The maximum atomic E-state index is 5.95. The molecule has 0 saturated heterocycles. The topological polar surface area (TPSA) is 12.0 Å². The summed E-state index contributed by atoms with van der Waals surface area (Å²) < 4.78 is 0. The highest BCUT2D eigenvalue weighted by molar-refractivity contribution is 7.99. The monoisotopic (exact) mass is 285 g/mol. The summed E-state index contributed by atoms with van der Waals surface area (Å²) in [6.07, 6.45) is 2.42. The minimum absolute atomic E-state index is 0.605. The van der Waals surface area contributed by atoms with Gasteiger partial charge in [-0.05, 0) is 54.5 Å². The van der Waals surface area contributed by atoms with Crippen LogP contribution in [0.2, 0.25) is 5.02 Å². The predicted molar refractivity (Wildman–Crippen MR) is 85.0 cm³/mol. The molecule has 0 aliphatic carbocycles. The molecule has 1 atom stereocenters. The van der Waals surface area contributed by atoms with E-state index in [0.717, 1.165) is 18.1 Å². The smallest absolute Gasteiger partial charge is 0.0406 e. The van der Waals surface area contributed by atoms with Crippen LogP contribution in [-0.2, 0) is 0 Å². The van der Waals surface area contributed by atoms with Crippen LogP contribution in [-0.4, -0.2) is 24.6 Å². The van der Waals surface area contributed by atoms with E-state index in [1.54, 1.807) is 0 Å². The molecule has 0 radical (unpaired) electrons. The Kier molecular flexibility index (Phi) is 8.57. The van der Waals surface area contributed by atoms with Crippen LogP contribution in [0.4, 0.5) is 0 Å². The van der Waals surface area contributed by atoms with Gasteiger partial charge >= 0.3 is 0 Å². The third-order valence-corrected chi connectivity index (χ3v) is 4.16. The second-order valence-corrected chi connectivity index (χ2v) is 6.27. The van der Waals surface area contributed by atoms with Crippen molar-refractivity contribution in [3.8, 4) is 0 Å². The lowest BCUT2D eigenvalue weighted by Gasteiger charge is -2.18. The summed E-state index contributed by atoms with van der Waals surface area (Å²) in [5.41, 5.74) is 1.40. The third kappa shape index (κ3) is 6.12. The van der Waals surface area contributed by atoms with Gasteiger partial charge in [-0.25, -0.2) is 0 Å². The first-order valence-corrected chi connectivity index (χ1v) is 8.35. The molecule has 102 valence electrons. The molecule has 0 saturated carbocycles. The Morgan fingerprint density at radius 3 is 2.56 bits per heavy atom. The number of halogens is 1. The molecule has 0 aliphatic rings. The van der Waals surface area contributed by atoms with Crippen molar-refractivity contribution < 1.29 is 0 Å². The zero-order valence-electron chi connectivity index (χ0n) is 11.4. The second-order valence-electron chi connectivity index (χ2n) is 4.44. The van der Waals surface area contributed by atoms with Gasteiger partial charge in [0.1, 0.15) is 0 Å². The van der Waals surface area contributed by atoms with Crippen molar-refractivity contribution in [3.05, 3.63) is 34.9 Å². The Morgan fingerprint density at radius 2 is 1.94 bits per heavy atom. The van der Waals surface area contributed by atoms with E-state index in [1.165, 1.54) is 29.9 Å². The van der Waals surface area contributed by atoms with Gasteiger partial charge in [-0.2, -0.15) is 11.8 Å². The zero-order chi connectivity index (χ0) is 13.2.